The number of aliphatic imine (C=N–C) groups is 1. The van der Waals surface area contributed by atoms with Gasteiger partial charge in [0.1, 0.15) is 6.79 Å². The number of carbonyl (C=O) groups is 2. The van der Waals surface area contributed by atoms with Gasteiger partial charge in [-0.25, -0.2) is 9.97 Å². The molecule has 10 nitrogen and oxygen atoms in total. The highest BCUT2D eigenvalue weighted by atomic mass is 16.1. The van der Waals surface area contributed by atoms with Crippen molar-refractivity contribution < 1.29 is 9.59 Å². The summed E-state index contributed by atoms with van der Waals surface area (Å²) in [7, 11) is 0. The monoisotopic (exact) mass is 702 g/mol. The molecule has 8 rings (SSSR count). The molecule has 4 aromatic rings. The van der Waals surface area contributed by atoms with E-state index in [1.54, 1.807) is 12.4 Å². The number of amides is 1. The predicted octanol–water partition coefficient (Wildman–Crippen LogP) is 6.40. The number of rotatable bonds is 10. The molecule has 0 spiro atoms. The van der Waals surface area contributed by atoms with Crippen LogP contribution >= 0.6 is 0 Å². The summed E-state index contributed by atoms with van der Waals surface area (Å²) >= 11 is 0. The topological polar surface area (TPSA) is 107 Å². The standard InChI is InChI=1S/C23H31N5.C16H15N3O.C2H6.CH2O/c1-9-24-23(25-10-1)20-4-6-22(7-5-20)28-16-14-26(15-17-28)12-13-27-11-8-21(18-27)19-2-3-19;1-2-13-7-11(5-6-17-13)16-15-8-14(19-10-20)4-3-12(15)9-18-16;2*1-2/h1,4-7,9-10,19,21H,2-3,8,11-18H2;3-8,10H,2,9H2,1H3,(H,19,20);1-2H3;1H2. The van der Waals surface area contributed by atoms with Crippen molar-refractivity contribution in [3.8, 4) is 11.4 Å². The number of benzene rings is 2. The molecule has 52 heavy (non-hydrogen) atoms. The van der Waals surface area contributed by atoms with Crippen LogP contribution in [0.15, 0.2) is 84.2 Å². The molecule has 10 heteroatoms. The highest BCUT2D eigenvalue weighted by Crippen LogP contribution is 2.41. The number of likely N-dealkylation sites (tertiary alicyclic amines) is 1. The lowest BCUT2D eigenvalue weighted by Gasteiger charge is -2.36. The molecule has 1 saturated carbocycles. The van der Waals surface area contributed by atoms with Gasteiger partial charge in [-0.1, -0.05) is 26.8 Å². The van der Waals surface area contributed by atoms with E-state index in [4.69, 9.17) is 4.79 Å². The van der Waals surface area contributed by atoms with Crippen molar-refractivity contribution in [1.82, 2.24) is 24.8 Å². The number of aromatic nitrogens is 3. The molecule has 3 fully saturated rings. The van der Waals surface area contributed by atoms with E-state index in [1.165, 1.54) is 69.8 Å². The largest absolute Gasteiger partial charge is 0.369 e. The average Bonchev–Trinajstić information content (AvgIpc) is 3.82. The van der Waals surface area contributed by atoms with E-state index >= 15 is 0 Å². The molecule has 0 bridgehead atoms. The maximum atomic E-state index is 10.6. The molecule has 1 aliphatic carbocycles. The third-order valence-corrected chi connectivity index (χ3v) is 10.2. The van der Waals surface area contributed by atoms with E-state index in [2.05, 4.69) is 77.2 Å². The molecule has 1 amide bonds. The first kappa shape index (κ1) is 38.4. The summed E-state index contributed by atoms with van der Waals surface area (Å²) in [6.07, 6.45) is 11.5. The van der Waals surface area contributed by atoms with Crippen LogP contribution in [0, 0.1) is 11.8 Å². The number of pyridine rings is 1. The molecule has 1 atom stereocenters. The van der Waals surface area contributed by atoms with Crippen LogP contribution in [0.3, 0.4) is 0 Å². The maximum absolute atomic E-state index is 10.6. The van der Waals surface area contributed by atoms with Crippen LogP contribution in [0.4, 0.5) is 11.4 Å². The minimum atomic E-state index is 0.690. The number of anilines is 2. The zero-order valence-electron chi connectivity index (χ0n) is 31.1. The van der Waals surface area contributed by atoms with E-state index in [0.717, 1.165) is 71.0 Å². The fraction of sp³-hybridized carbons (Fsp3) is 0.429. The van der Waals surface area contributed by atoms with Gasteiger partial charge in [-0.3, -0.25) is 19.7 Å². The number of piperazine rings is 1. The Bertz CT molecular complexity index is 1720. The second-order valence-electron chi connectivity index (χ2n) is 13.3. The summed E-state index contributed by atoms with van der Waals surface area (Å²) in [6.45, 7) is 18.5. The van der Waals surface area contributed by atoms with Crippen LogP contribution in [-0.4, -0.2) is 96.0 Å². The summed E-state index contributed by atoms with van der Waals surface area (Å²) < 4.78 is 0. The van der Waals surface area contributed by atoms with Gasteiger partial charge in [-0.2, -0.15) is 0 Å². The highest BCUT2D eigenvalue weighted by Gasteiger charge is 2.35. The van der Waals surface area contributed by atoms with Gasteiger partial charge in [-0.05, 0) is 104 Å². The van der Waals surface area contributed by atoms with Gasteiger partial charge in [0.05, 0.1) is 12.3 Å². The maximum Gasteiger partial charge on any atom is 0.211 e. The van der Waals surface area contributed by atoms with Crippen LogP contribution in [0.1, 0.15) is 62.4 Å². The molecular formula is C42H54N8O2. The zero-order valence-corrected chi connectivity index (χ0v) is 31.1. The lowest BCUT2D eigenvalue weighted by Crippen LogP contribution is -2.48. The fourth-order valence-electron chi connectivity index (χ4n) is 7.21. The van der Waals surface area contributed by atoms with E-state index < -0.39 is 0 Å². The second kappa shape index (κ2) is 19.7. The van der Waals surface area contributed by atoms with E-state index in [9.17, 15) is 4.79 Å². The molecule has 1 N–H and O–H groups in total. The zero-order chi connectivity index (χ0) is 36.7. The molecule has 274 valence electrons. The van der Waals surface area contributed by atoms with Gasteiger partial charge in [0.25, 0.3) is 0 Å². The van der Waals surface area contributed by atoms with Crippen molar-refractivity contribution in [2.45, 2.75) is 53.0 Å². The van der Waals surface area contributed by atoms with Gasteiger partial charge in [0, 0.05) is 98.2 Å². The molecule has 2 aromatic heterocycles. The van der Waals surface area contributed by atoms with Crippen molar-refractivity contribution in [2.75, 3.05) is 62.6 Å². The van der Waals surface area contributed by atoms with Crippen molar-refractivity contribution in [3.05, 3.63) is 102 Å². The number of nitrogens with zero attached hydrogens (tertiary/aromatic N) is 7. The minimum Gasteiger partial charge on any atom is -0.369 e. The molecule has 0 radical (unpaired) electrons. The van der Waals surface area contributed by atoms with Gasteiger partial charge in [-0.15, -0.1) is 0 Å². The third kappa shape index (κ3) is 10.2. The summed E-state index contributed by atoms with van der Waals surface area (Å²) in [4.78, 5) is 44.0. The minimum absolute atomic E-state index is 0.690. The van der Waals surface area contributed by atoms with Crippen molar-refractivity contribution in [3.63, 3.8) is 0 Å². The Labute approximate surface area is 309 Å². The van der Waals surface area contributed by atoms with E-state index in [1.807, 2.05) is 57.2 Å². The highest BCUT2D eigenvalue weighted by molar-refractivity contribution is 6.15. The smallest absolute Gasteiger partial charge is 0.211 e. The first-order chi connectivity index (χ1) is 25.7. The molecular weight excluding hydrogens is 649 g/mol. The number of aryl methyl sites for hydroxylation is 1. The van der Waals surface area contributed by atoms with Crippen LogP contribution in [0.5, 0.6) is 0 Å². The summed E-state index contributed by atoms with van der Waals surface area (Å²) in [6, 6.07) is 20.5. The molecule has 4 aliphatic rings. The predicted molar refractivity (Wildman–Crippen MR) is 211 cm³/mol. The Morgan fingerprint density at radius 3 is 2.21 bits per heavy atom. The molecule has 2 saturated heterocycles. The number of carbonyl (C=O) groups excluding carboxylic acids is 2. The van der Waals surface area contributed by atoms with Crippen molar-refractivity contribution >= 4 is 30.3 Å². The summed E-state index contributed by atoms with van der Waals surface area (Å²) in [5.74, 6) is 2.89. The van der Waals surface area contributed by atoms with Gasteiger partial charge >= 0.3 is 0 Å². The molecule has 3 aliphatic heterocycles. The first-order valence-corrected chi connectivity index (χ1v) is 18.9. The molecule has 1 unspecified atom stereocenters. The number of hydrogen-bond donors (Lipinski definition) is 1. The summed E-state index contributed by atoms with van der Waals surface area (Å²) in [5.41, 5.74) is 8.57. The normalized spacial score (nSPS) is 18.0. The van der Waals surface area contributed by atoms with Gasteiger partial charge in [0.15, 0.2) is 5.82 Å². The lowest BCUT2D eigenvalue weighted by molar-refractivity contribution is -0.105. The number of hydrogen-bond acceptors (Lipinski definition) is 9. The quantitative estimate of drug-likeness (QED) is 0.189. The van der Waals surface area contributed by atoms with Crippen LogP contribution in [0.25, 0.3) is 11.4 Å². The van der Waals surface area contributed by atoms with Crippen LogP contribution in [-0.2, 0) is 22.6 Å². The number of fused-ring (bicyclic) bond motifs is 1. The van der Waals surface area contributed by atoms with Crippen LogP contribution in [0.2, 0.25) is 0 Å². The Kier molecular flexibility index (Phi) is 14.6. The van der Waals surface area contributed by atoms with Crippen molar-refractivity contribution in [1.29, 1.82) is 0 Å². The van der Waals surface area contributed by atoms with Gasteiger partial charge < -0.3 is 19.9 Å². The average molecular weight is 703 g/mol. The first-order valence-electron chi connectivity index (χ1n) is 18.9. The van der Waals surface area contributed by atoms with Crippen LogP contribution < -0.4 is 10.2 Å². The number of nitrogens with one attached hydrogen (secondary N) is 1. The Hall–Kier alpha value is -4.80. The Morgan fingerprint density at radius 1 is 0.788 bits per heavy atom. The summed E-state index contributed by atoms with van der Waals surface area (Å²) in [5, 5.41) is 2.68. The SMILES string of the molecule is C=O.CC.CCc1cc(C2=NCc3ccc(NC=O)cc32)ccn1.c1cnc(-c2ccc(N3CCN(CCN4CCC(C5CC5)C4)CC3)cc2)nc1. The van der Waals surface area contributed by atoms with E-state index in [-0.39, 0.29) is 0 Å². The third-order valence-electron chi connectivity index (χ3n) is 10.2. The molecule has 5 heterocycles. The Balaban J connectivity index is 0.000000192. The lowest BCUT2D eigenvalue weighted by atomic mass is 9.99. The molecule has 2 aromatic carbocycles. The second-order valence-corrected chi connectivity index (χ2v) is 13.3. The van der Waals surface area contributed by atoms with E-state index in [0.29, 0.717) is 13.0 Å². The fourth-order valence-corrected chi connectivity index (χ4v) is 7.21. The Morgan fingerprint density at radius 2 is 1.52 bits per heavy atom. The van der Waals surface area contributed by atoms with Crippen molar-refractivity contribution in [2.24, 2.45) is 16.8 Å². The van der Waals surface area contributed by atoms with Gasteiger partial charge in [0.2, 0.25) is 6.41 Å².